The van der Waals surface area contributed by atoms with Gasteiger partial charge in [0.15, 0.2) is 5.76 Å². The maximum absolute atomic E-state index is 13.7. The standard InChI is InChI=1S/C18H13ClF2N2O2/c19-15-2-1-3-16(21)14(15)9-18(24)22-10-13-8-17(25-23-13)11-4-6-12(20)7-5-11/h1-8H,9-10H2,(H,22,24). The van der Waals surface area contributed by atoms with Crippen molar-refractivity contribution in [3.8, 4) is 11.3 Å². The van der Waals surface area contributed by atoms with Crippen molar-refractivity contribution in [2.24, 2.45) is 0 Å². The number of nitrogens with one attached hydrogen (secondary N) is 1. The summed E-state index contributed by atoms with van der Waals surface area (Å²) in [5.74, 6) is -0.801. The number of rotatable bonds is 5. The molecule has 25 heavy (non-hydrogen) atoms. The number of carbonyl (C=O) groups is 1. The highest BCUT2D eigenvalue weighted by molar-refractivity contribution is 6.31. The van der Waals surface area contributed by atoms with Crippen molar-refractivity contribution >= 4 is 17.5 Å². The van der Waals surface area contributed by atoms with Crippen LogP contribution in [0.2, 0.25) is 5.02 Å². The zero-order valence-corrected chi connectivity index (χ0v) is 13.7. The van der Waals surface area contributed by atoms with Crippen molar-refractivity contribution in [1.82, 2.24) is 10.5 Å². The zero-order valence-electron chi connectivity index (χ0n) is 12.9. The third kappa shape index (κ3) is 4.22. The van der Waals surface area contributed by atoms with Crippen LogP contribution in [0, 0.1) is 11.6 Å². The van der Waals surface area contributed by atoms with Gasteiger partial charge >= 0.3 is 0 Å². The molecule has 7 heteroatoms. The molecule has 2 aromatic carbocycles. The minimum absolute atomic E-state index is 0.121. The number of halogens is 3. The minimum Gasteiger partial charge on any atom is -0.356 e. The van der Waals surface area contributed by atoms with E-state index in [0.717, 1.165) is 0 Å². The van der Waals surface area contributed by atoms with E-state index in [-0.39, 0.29) is 29.4 Å². The van der Waals surface area contributed by atoms with E-state index in [1.54, 1.807) is 18.2 Å². The normalized spacial score (nSPS) is 10.7. The monoisotopic (exact) mass is 362 g/mol. The quantitative estimate of drug-likeness (QED) is 0.742. The van der Waals surface area contributed by atoms with Crippen LogP contribution >= 0.6 is 11.6 Å². The summed E-state index contributed by atoms with van der Waals surface area (Å²) in [6.07, 6.45) is -0.172. The highest BCUT2D eigenvalue weighted by Gasteiger charge is 2.13. The molecule has 128 valence electrons. The van der Waals surface area contributed by atoms with Gasteiger partial charge in [0, 0.05) is 22.2 Å². The Balaban J connectivity index is 1.60. The van der Waals surface area contributed by atoms with Crippen molar-refractivity contribution in [1.29, 1.82) is 0 Å². The van der Waals surface area contributed by atoms with Crippen molar-refractivity contribution in [3.63, 3.8) is 0 Å². The number of carbonyl (C=O) groups excluding carboxylic acids is 1. The molecule has 0 aliphatic rings. The maximum Gasteiger partial charge on any atom is 0.224 e. The van der Waals surface area contributed by atoms with Crippen LogP contribution in [0.5, 0.6) is 0 Å². The molecule has 0 radical (unpaired) electrons. The topological polar surface area (TPSA) is 55.1 Å². The van der Waals surface area contributed by atoms with Gasteiger partial charge in [0.25, 0.3) is 0 Å². The third-order valence-electron chi connectivity index (χ3n) is 3.55. The molecule has 1 N–H and O–H groups in total. The molecule has 0 saturated carbocycles. The van der Waals surface area contributed by atoms with Crippen LogP contribution in [0.15, 0.2) is 53.1 Å². The summed E-state index contributed by atoms with van der Waals surface area (Å²) in [5.41, 5.74) is 1.31. The van der Waals surface area contributed by atoms with E-state index in [0.29, 0.717) is 17.0 Å². The Labute approximate surface area is 147 Å². The third-order valence-corrected chi connectivity index (χ3v) is 3.91. The van der Waals surface area contributed by atoms with Gasteiger partial charge in [-0.3, -0.25) is 4.79 Å². The first-order valence-corrected chi connectivity index (χ1v) is 7.82. The minimum atomic E-state index is -0.525. The Bertz CT molecular complexity index is 874. The summed E-state index contributed by atoms with van der Waals surface area (Å²) in [6, 6.07) is 11.7. The molecule has 0 atom stereocenters. The molecule has 3 rings (SSSR count). The van der Waals surface area contributed by atoms with E-state index >= 15 is 0 Å². The fourth-order valence-electron chi connectivity index (χ4n) is 2.26. The molecule has 0 bridgehead atoms. The Morgan fingerprint density at radius 2 is 1.92 bits per heavy atom. The van der Waals surface area contributed by atoms with E-state index < -0.39 is 11.7 Å². The van der Waals surface area contributed by atoms with Gasteiger partial charge in [-0.1, -0.05) is 22.8 Å². The summed E-state index contributed by atoms with van der Waals surface area (Å²) < 4.78 is 31.8. The smallest absolute Gasteiger partial charge is 0.224 e. The fraction of sp³-hybridized carbons (Fsp3) is 0.111. The lowest BCUT2D eigenvalue weighted by atomic mass is 10.1. The summed E-state index contributed by atoms with van der Waals surface area (Å²) in [5, 5.41) is 6.68. The molecule has 0 aliphatic carbocycles. The van der Waals surface area contributed by atoms with Gasteiger partial charge in [-0.2, -0.15) is 0 Å². The van der Waals surface area contributed by atoms with E-state index in [1.165, 1.54) is 30.3 Å². The highest BCUT2D eigenvalue weighted by atomic mass is 35.5. The summed E-state index contributed by atoms with van der Waals surface area (Å²) in [6.45, 7) is 0.121. The molecule has 0 saturated heterocycles. The van der Waals surface area contributed by atoms with Gasteiger partial charge in [0.1, 0.15) is 17.3 Å². The van der Waals surface area contributed by atoms with Crippen molar-refractivity contribution in [2.75, 3.05) is 0 Å². The lowest BCUT2D eigenvalue weighted by Crippen LogP contribution is -2.25. The van der Waals surface area contributed by atoms with Crippen molar-refractivity contribution in [3.05, 3.63) is 76.4 Å². The number of aromatic nitrogens is 1. The predicted molar refractivity (Wildman–Crippen MR) is 88.9 cm³/mol. The Kier molecular flexibility index (Phi) is 5.09. The molecule has 0 fully saturated rings. The first-order chi connectivity index (χ1) is 12.0. The Morgan fingerprint density at radius 1 is 1.16 bits per heavy atom. The molecular weight excluding hydrogens is 350 g/mol. The number of benzene rings is 2. The maximum atomic E-state index is 13.7. The summed E-state index contributed by atoms with van der Waals surface area (Å²) in [7, 11) is 0. The second-order valence-corrected chi connectivity index (χ2v) is 5.75. The average molecular weight is 363 g/mol. The second-order valence-electron chi connectivity index (χ2n) is 5.34. The van der Waals surface area contributed by atoms with Gasteiger partial charge < -0.3 is 9.84 Å². The largest absolute Gasteiger partial charge is 0.356 e. The lowest BCUT2D eigenvalue weighted by molar-refractivity contribution is -0.120. The SMILES string of the molecule is O=C(Cc1c(F)cccc1Cl)NCc1cc(-c2ccc(F)cc2)on1. The van der Waals surface area contributed by atoms with Gasteiger partial charge in [0.2, 0.25) is 5.91 Å². The molecule has 1 aromatic heterocycles. The lowest BCUT2D eigenvalue weighted by Gasteiger charge is -2.06. The van der Waals surface area contributed by atoms with Crippen LogP contribution in [0.25, 0.3) is 11.3 Å². The van der Waals surface area contributed by atoms with E-state index in [2.05, 4.69) is 10.5 Å². The van der Waals surface area contributed by atoms with Crippen LogP contribution in [-0.4, -0.2) is 11.1 Å². The molecule has 0 unspecified atom stereocenters. The molecule has 0 spiro atoms. The number of hydrogen-bond donors (Lipinski definition) is 1. The van der Waals surface area contributed by atoms with Gasteiger partial charge in [-0.15, -0.1) is 0 Å². The first kappa shape index (κ1) is 17.1. The van der Waals surface area contributed by atoms with E-state index in [1.807, 2.05) is 0 Å². The number of hydrogen-bond acceptors (Lipinski definition) is 3. The summed E-state index contributed by atoms with van der Waals surface area (Å²) >= 11 is 5.90. The molecule has 4 nitrogen and oxygen atoms in total. The average Bonchev–Trinajstić information content (AvgIpc) is 3.06. The molecule has 1 heterocycles. The molecule has 0 aliphatic heterocycles. The summed E-state index contributed by atoms with van der Waals surface area (Å²) in [4.78, 5) is 12.0. The highest BCUT2D eigenvalue weighted by Crippen LogP contribution is 2.21. The number of nitrogens with zero attached hydrogens (tertiary/aromatic N) is 1. The van der Waals surface area contributed by atoms with Crippen LogP contribution in [0.3, 0.4) is 0 Å². The number of amides is 1. The van der Waals surface area contributed by atoms with Crippen LogP contribution in [0.1, 0.15) is 11.3 Å². The Morgan fingerprint density at radius 3 is 2.64 bits per heavy atom. The van der Waals surface area contributed by atoms with Crippen LogP contribution in [0.4, 0.5) is 8.78 Å². The van der Waals surface area contributed by atoms with Crippen molar-refractivity contribution < 1.29 is 18.1 Å². The predicted octanol–water partition coefficient (Wildman–Crippen LogP) is 4.13. The Hall–Kier alpha value is -2.73. The van der Waals surface area contributed by atoms with Crippen molar-refractivity contribution in [2.45, 2.75) is 13.0 Å². The van der Waals surface area contributed by atoms with E-state index in [9.17, 15) is 13.6 Å². The zero-order chi connectivity index (χ0) is 17.8. The van der Waals surface area contributed by atoms with Gasteiger partial charge in [-0.25, -0.2) is 8.78 Å². The fourth-order valence-corrected chi connectivity index (χ4v) is 2.49. The van der Waals surface area contributed by atoms with E-state index in [4.69, 9.17) is 16.1 Å². The molecular formula is C18H13ClF2N2O2. The molecule has 1 amide bonds. The van der Waals surface area contributed by atoms with Crippen LogP contribution in [-0.2, 0) is 17.8 Å². The van der Waals surface area contributed by atoms with Gasteiger partial charge in [-0.05, 0) is 36.4 Å². The first-order valence-electron chi connectivity index (χ1n) is 7.44. The molecule has 3 aromatic rings. The van der Waals surface area contributed by atoms with Gasteiger partial charge in [0.05, 0.1) is 13.0 Å². The van der Waals surface area contributed by atoms with Crippen LogP contribution < -0.4 is 5.32 Å². The second kappa shape index (κ2) is 7.44.